The lowest BCUT2D eigenvalue weighted by molar-refractivity contribution is 0.0839. The fourth-order valence-electron chi connectivity index (χ4n) is 1.98. The second-order valence-electron chi connectivity index (χ2n) is 4.49. The topological polar surface area (TPSA) is 49.5 Å². The lowest BCUT2D eigenvalue weighted by Crippen LogP contribution is -2.30. The number of benzene rings is 1. The first-order valence-corrected chi connectivity index (χ1v) is 6.19. The Labute approximate surface area is 108 Å². The fraction of sp³-hybridized carbons (Fsp3) is 0.455. The minimum Gasteiger partial charge on any atom is -0.397 e. The van der Waals surface area contributed by atoms with Crippen LogP contribution in [0.5, 0.6) is 0 Å². The van der Waals surface area contributed by atoms with Crippen molar-refractivity contribution in [3.63, 3.8) is 0 Å². The monoisotopic (exact) mass is 336 g/mol. The molecule has 3 nitrogen and oxygen atoms in total. The third-order valence-electron chi connectivity index (χ3n) is 2.86. The van der Waals surface area contributed by atoms with Crippen molar-refractivity contribution in [1.82, 2.24) is 0 Å². The van der Waals surface area contributed by atoms with Crippen molar-refractivity contribution in [3.05, 3.63) is 21.5 Å². The molecule has 1 unspecified atom stereocenters. The number of aliphatic hydroxyl groups is 1. The zero-order valence-electron chi connectivity index (χ0n) is 9.00. The average molecular weight is 336 g/mol. The second kappa shape index (κ2) is 4.03. The molecule has 1 aromatic carbocycles. The molecule has 0 bridgehead atoms. The van der Waals surface area contributed by atoms with E-state index in [-0.39, 0.29) is 5.82 Å². The van der Waals surface area contributed by atoms with Crippen LogP contribution in [0.4, 0.5) is 15.8 Å². The maximum atomic E-state index is 13.5. The summed E-state index contributed by atoms with van der Waals surface area (Å²) in [7, 11) is 0. The maximum absolute atomic E-state index is 13.5. The Morgan fingerprint density at radius 3 is 2.81 bits per heavy atom. The molecule has 16 heavy (non-hydrogen) atoms. The predicted octanol–water partition coefficient (Wildman–Crippen LogP) is 1.97. The normalized spacial score (nSPS) is 25.1. The van der Waals surface area contributed by atoms with Crippen molar-refractivity contribution in [3.8, 4) is 0 Å². The molecule has 1 aliphatic heterocycles. The summed E-state index contributed by atoms with van der Waals surface area (Å²) in [4.78, 5) is 1.93. The van der Waals surface area contributed by atoms with Gasteiger partial charge in [-0.25, -0.2) is 4.39 Å². The van der Waals surface area contributed by atoms with E-state index >= 15 is 0 Å². The maximum Gasteiger partial charge on any atom is 0.138 e. The number of halogens is 2. The summed E-state index contributed by atoms with van der Waals surface area (Å²) in [6.45, 7) is 2.99. The van der Waals surface area contributed by atoms with Gasteiger partial charge in [0.1, 0.15) is 5.82 Å². The van der Waals surface area contributed by atoms with E-state index < -0.39 is 5.60 Å². The minimum absolute atomic E-state index is 0.267. The predicted molar refractivity (Wildman–Crippen MR) is 71.0 cm³/mol. The van der Waals surface area contributed by atoms with Gasteiger partial charge in [0.05, 0.1) is 20.5 Å². The number of anilines is 2. The van der Waals surface area contributed by atoms with Crippen molar-refractivity contribution in [1.29, 1.82) is 0 Å². The Bertz CT molecular complexity index is 423. The Morgan fingerprint density at radius 2 is 2.25 bits per heavy atom. The van der Waals surface area contributed by atoms with E-state index in [1.54, 1.807) is 13.0 Å². The number of rotatable bonds is 1. The summed E-state index contributed by atoms with van der Waals surface area (Å²) in [5.41, 5.74) is 6.40. The first-order chi connectivity index (χ1) is 7.39. The molecule has 0 radical (unpaired) electrons. The lowest BCUT2D eigenvalue weighted by Gasteiger charge is -2.22. The van der Waals surface area contributed by atoms with Crippen LogP contribution in [0, 0.1) is 9.39 Å². The van der Waals surface area contributed by atoms with Crippen molar-refractivity contribution in [2.75, 3.05) is 23.7 Å². The van der Waals surface area contributed by atoms with Crippen LogP contribution in [0.1, 0.15) is 13.3 Å². The molecule has 5 heteroatoms. The Morgan fingerprint density at radius 1 is 1.56 bits per heavy atom. The van der Waals surface area contributed by atoms with Crippen LogP contribution in [0.15, 0.2) is 12.1 Å². The molecule has 0 spiro atoms. The van der Waals surface area contributed by atoms with E-state index in [2.05, 4.69) is 0 Å². The Kier molecular flexibility index (Phi) is 3.00. The van der Waals surface area contributed by atoms with Crippen molar-refractivity contribution < 1.29 is 9.50 Å². The summed E-state index contributed by atoms with van der Waals surface area (Å²) in [5.74, 6) is -0.267. The number of nitrogens with zero attached hydrogens (tertiary/aromatic N) is 1. The molecule has 0 saturated carbocycles. The molecule has 0 aliphatic carbocycles. The van der Waals surface area contributed by atoms with Crippen LogP contribution < -0.4 is 10.6 Å². The lowest BCUT2D eigenvalue weighted by atomic mass is 10.1. The number of hydrogen-bond acceptors (Lipinski definition) is 3. The van der Waals surface area contributed by atoms with Crippen molar-refractivity contribution in [2.24, 2.45) is 0 Å². The highest BCUT2D eigenvalue weighted by Crippen LogP contribution is 2.32. The first kappa shape index (κ1) is 11.9. The zero-order valence-corrected chi connectivity index (χ0v) is 11.2. The molecule has 0 amide bonds. The number of β-amino-alcohol motifs (C(OH)–C–C–N with tert-alkyl or cyclic N) is 1. The first-order valence-electron chi connectivity index (χ1n) is 5.11. The van der Waals surface area contributed by atoms with Gasteiger partial charge in [0.15, 0.2) is 0 Å². The van der Waals surface area contributed by atoms with Crippen LogP contribution >= 0.6 is 22.6 Å². The number of hydrogen-bond donors (Lipinski definition) is 2. The molecular weight excluding hydrogens is 322 g/mol. The van der Waals surface area contributed by atoms with Crippen LogP contribution in [0.3, 0.4) is 0 Å². The Hall–Kier alpha value is -0.560. The number of nitrogen functional groups attached to an aromatic ring is 1. The highest BCUT2D eigenvalue weighted by Gasteiger charge is 2.32. The van der Waals surface area contributed by atoms with E-state index in [1.165, 1.54) is 6.07 Å². The van der Waals surface area contributed by atoms with Gasteiger partial charge in [0, 0.05) is 19.2 Å². The fourth-order valence-corrected chi connectivity index (χ4v) is 2.47. The van der Waals surface area contributed by atoms with Crippen molar-refractivity contribution in [2.45, 2.75) is 18.9 Å². The quantitative estimate of drug-likeness (QED) is 0.609. The van der Waals surface area contributed by atoms with Crippen LogP contribution in [0.2, 0.25) is 0 Å². The summed E-state index contributed by atoms with van der Waals surface area (Å²) in [5, 5.41) is 9.86. The molecule has 88 valence electrons. The van der Waals surface area contributed by atoms with Gasteiger partial charge in [-0.3, -0.25) is 0 Å². The molecular formula is C11H14FIN2O. The zero-order chi connectivity index (χ0) is 11.9. The van der Waals surface area contributed by atoms with Gasteiger partial charge in [0.2, 0.25) is 0 Å². The number of nitrogens with two attached hydrogens (primary N) is 1. The van der Waals surface area contributed by atoms with Gasteiger partial charge in [-0.2, -0.15) is 0 Å². The molecule has 2 rings (SSSR count). The van der Waals surface area contributed by atoms with Gasteiger partial charge < -0.3 is 15.7 Å². The largest absolute Gasteiger partial charge is 0.397 e. The Balaban J connectivity index is 2.32. The van der Waals surface area contributed by atoms with E-state index in [1.807, 2.05) is 27.5 Å². The second-order valence-corrected chi connectivity index (χ2v) is 5.66. The summed E-state index contributed by atoms with van der Waals surface area (Å²) in [6, 6.07) is 3.07. The van der Waals surface area contributed by atoms with Crippen LogP contribution in [0.25, 0.3) is 0 Å². The summed E-state index contributed by atoms with van der Waals surface area (Å²) < 4.78 is 14.0. The van der Waals surface area contributed by atoms with E-state index in [4.69, 9.17) is 5.73 Å². The molecule has 0 aromatic heterocycles. The summed E-state index contributed by atoms with van der Waals surface area (Å²) >= 11 is 1.91. The highest BCUT2D eigenvalue weighted by atomic mass is 127. The van der Waals surface area contributed by atoms with Crippen LogP contribution in [-0.4, -0.2) is 23.8 Å². The average Bonchev–Trinajstić information content (AvgIpc) is 2.52. The van der Waals surface area contributed by atoms with E-state index in [0.717, 1.165) is 0 Å². The van der Waals surface area contributed by atoms with E-state index in [9.17, 15) is 9.50 Å². The van der Waals surface area contributed by atoms with Crippen molar-refractivity contribution >= 4 is 34.0 Å². The molecule has 1 saturated heterocycles. The highest BCUT2D eigenvalue weighted by molar-refractivity contribution is 14.1. The third-order valence-corrected chi connectivity index (χ3v) is 3.69. The van der Waals surface area contributed by atoms with Crippen LogP contribution in [-0.2, 0) is 0 Å². The molecule has 1 aliphatic rings. The smallest absolute Gasteiger partial charge is 0.138 e. The minimum atomic E-state index is -0.702. The molecule has 1 fully saturated rings. The van der Waals surface area contributed by atoms with Gasteiger partial charge in [-0.1, -0.05) is 0 Å². The van der Waals surface area contributed by atoms with Gasteiger partial charge in [-0.05, 0) is 42.0 Å². The molecule has 1 aromatic rings. The third kappa shape index (κ3) is 2.24. The van der Waals surface area contributed by atoms with Gasteiger partial charge in [-0.15, -0.1) is 0 Å². The molecule has 3 N–H and O–H groups in total. The van der Waals surface area contributed by atoms with Gasteiger partial charge in [0.25, 0.3) is 0 Å². The molecule has 1 heterocycles. The summed E-state index contributed by atoms with van der Waals surface area (Å²) in [6.07, 6.45) is 0.681. The van der Waals surface area contributed by atoms with E-state index in [0.29, 0.717) is 34.5 Å². The van der Waals surface area contributed by atoms with Gasteiger partial charge >= 0.3 is 0 Å². The SMILES string of the molecule is CC1(O)CCN(c2cc(F)c(I)cc2N)C1. The molecule has 1 atom stereocenters. The standard InChI is InChI=1S/C11H14FIN2O/c1-11(16)2-3-15(6-11)10-4-7(12)8(13)5-9(10)14/h4-5,16H,2-3,6,14H2,1H3.